The molecule has 0 spiro atoms. The molecule has 0 unspecified atom stereocenters. The van der Waals surface area contributed by atoms with Crippen LogP contribution >= 0.6 is 0 Å². The van der Waals surface area contributed by atoms with Crippen molar-refractivity contribution in [1.82, 2.24) is 9.78 Å². The first-order valence-corrected chi connectivity index (χ1v) is 4.92. The minimum atomic E-state index is -0.210. The number of rotatable bonds is 1. The molecule has 2 aromatic rings. The van der Waals surface area contributed by atoms with Crippen LogP contribution in [-0.4, -0.2) is 15.7 Å². The molecule has 2 rings (SSSR count). The van der Waals surface area contributed by atoms with Gasteiger partial charge >= 0.3 is 0 Å². The van der Waals surface area contributed by atoms with Gasteiger partial charge in [-0.3, -0.25) is 4.79 Å². The number of aryl methyl sites for hydroxylation is 2. The maximum Gasteiger partial charge on any atom is 0.282 e. The van der Waals surface area contributed by atoms with Crippen molar-refractivity contribution in [3.63, 3.8) is 0 Å². The lowest BCUT2D eigenvalue weighted by Crippen LogP contribution is -2.16. The first-order valence-electron chi connectivity index (χ1n) is 4.92. The molecular weight excluding hydrogens is 206 g/mol. The minimum absolute atomic E-state index is 0.210. The molecular formula is C11H13N3O2. The number of nitrogens with zero attached hydrogens (tertiary/aromatic N) is 2. The fraction of sp³-hybridized carbons (Fsp3) is 0.273. The van der Waals surface area contributed by atoms with Gasteiger partial charge in [-0.25, -0.2) is 0 Å². The highest BCUT2D eigenvalue weighted by Gasteiger charge is 2.20. The van der Waals surface area contributed by atoms with Crippen molar-refractivity contribution in [3.05, 3.63) is 35.0 Å². The number of nitrogen functional groups attached to an aromatic ring is 1. The molecule has 0 bridgehead atoms. The first kappa shape index (κ1) is 10.5. The molecule has 2 heterocycles. The molecule has 0 fully saturated rings. The summed E-state index contributed by atoms with van der Waals surface area (Å²) in [6.07, 6.45) is 3.03. The van der Waals surface area contributed by atoms with Crippen molar-refractivity contribution < 1.29 is 9.21 Å². The van der Waals surface area contributed by atoms with E-state index in [1.54, 1.807) is 20.1 Å². The summed E-state index contributed by atoms with van der Waals surface area (Å²) in [6, 6.07) is 0. The second-order valence-electron chi connectivity index (χ2n) is 3.75. The summed E-state index contributed by atoms with van der Waals surface area (Å²) in [6.45, 7) is 5.33. The predicted molar refractivity (Wildman–Crippen MR) is 59.3 cm³/mol. The molecule has 0 atom stereocenters. The first-order chi connectivity index (χ1) is 7.52. The Labute approximate surface area is 92.9 Å². The second kappa shape index (κ2) is 3.52. The van der Waals surface area contributed by atoms with Gasteiger partial charge < -0.3 is 10.2 Å². The average molecular weight is 219 g/mol. The third-order valence-electron chi connectivity index (χ3n) is 2.61. The molecule has 0 aliphatic carbocycles. The lowest BCUT2D eigenvalue weighted by Gasteiger charge is -2.03. The van der Waals surface area contributed by atoms with Crippen LogP contribution in [-0.2, 0) is 0 Å². The van der Waals surface area contributed by atoms with Crippen molar-refractivity contribution in [1.29, 1.82) is 0 Å². The zero-order valence-electron chi connectivity index (χ0n) is 9.44. The Bertz CT molecular complexity index is 532. The maximum absolute atomic E-state index is 12.2. The number of hydrogen-bond acceptors (Lipinski definition) is 4. The fourth-order valence-electron chi connectivity index (χ4n) is 1.62. The molecule has 0 aliphatic heterocycles. The van der Waals surface area contributed by atoms with Gasteiger partial charge in [-0.15, -0.1) is 0 Å². The average Bonchev–Trinajstić information content (AvgIpc) is 2.73. The summed E-state index contributed by atoms with van der Waals surface area (Å²) in [5.41, 5.74) is 8.15. The fourth-order valence-corrected chi connectivity index (χ4v) is 1.62. The molecule has 0 aromatic carbocycles. The molecule has 0 saturated heterocycles. The summed E-state index contributed by atoms with van der Waals surface area (Å²) in [5.74, 6) is 0.383. The van der Waals surface area contributed by atoms with Crippen LogP contribution in [0.25, 0.3) is 0 Å². The van der Waals surface area contributed by atoms with Crippen LogP contribution in [0.2, 0.25) is 0 Å². The van der Waals surface area contributed by atoms with Crippen LogP contribution in [0.3, 0.4) is 0 Å². The zero-order chi connectivity index (χ0) is 11.9. The van der Waals surface area contributed by atoms with Crippen LogP contribution in [0, 0.1) is 20.8 Å². The Kier molecular flexibility index (Phi) is 2.30. The van der Waals surface area contributed by atoms with Gasteiger partial charge in [-0.2, -0.15) is 9.78 Å². The topological polar surface area (TPSA) is 74.0 Å². The normalized spacial score (nSPS) is 10.7. The van der Waals surface area contributed by atoms with Gasteiger partial charge in [0.25, 0.3) is 5.91 Å². The Hall–Kier alpha value is -2.04. The van der Waals surface area contributed by atoms with E-state index in [2.05, 4.69) is 5.10 Å². The van der Waals surface area contributed by atoms with Crippen LogP contribution in [0.5, 0.6) is 0 Å². The van der Waals surface area contributed by atoms with Crippen LogP contribution in [0.1, 0.15) is 27.4 Å². The summed E-state index contributed by atoms with van der Waals surface area (Å²) in [5, 5.41) is 3.95. The second-order valence-corrected chi connectivity index (χ2v) is 3.75. The lowest BCUT2D eigenvalue weighted by molar-refractivity contribution is 0.0941. The van der Waals surface area contributed by atoms with Crippen molar-refractivity contribution >= 4 is 11.6 Å². The third-order valence-corrected chi connectivity index (χ3v) is 2.61. The molecule has 5 nitrogen and oxygen atoms in total. The molecule has 2 aromatic heterocycles. The van der Waals surface area contributed by atoms with Crippen LogP contribution in [0.4, 0.5) is 5.69 Å². The van der Waals surface area contributed by atoms with Crippen LogP contribution in [0.15, 0.2) is 16.9 Å². The molecule has 2 N–H and O–H groups in total. The van der Waals surface area contributed by atoms with Crippen LogP contribution < -0.4 is 5.73 Å². The van der Waals surface area contributed by atoms with Gasteiger partial charge in [0.2, 0.25) is 0 Å². The number of furan rings is 1. The Morgan fingerprint density at radius 2 is 2.12 bits per heavy atom. The van der Waals surface area contributed by atoms with E-state index in [9.17, 15) is 4.79 Å². The van der Waals surface area contributed by atoms with E-state index >= 15 is 0 Å². The molecule has 0 aliphatic rings. The number of aromatic nitrogens is 2. The van der Waals surface area contributed by atoms with E-state index in [4.69, 9.17) is 10.2 Å². The van der Waals surface area contributed by atoms with Gasteiger partial charge in [0, 0.05) is 5.56 Å². The van der Waals surface area contributed by atoms with E-state index < -0.39 is 0 Å². The maximum atomic E-state index is 12.2. The summed E-state index contributed by atoms with van der Waals surface area (Å²) in [7, 11) is 0. The summed E-state index contributed by atoms with van der Waals surface area (Å²) >= 11 is 0. The smallest absolute Gasteiger partial charge is 0.282 e. The van der Waals surface area contributed by atoms with E-state index in [1.165, 1.54) is 10.9 Å². The number of carbonyl (C=O) groups is 1. The zero-order valence-corrected chi connectivity index (χ0v) is 9.44. The molecule has 0 radical (unpaired) electrons. The Morgan fingerprint density at radius 1 is 1.44 bits per heavy atom. The lowest BCUT2D eigenvalue weighted by atomic mass is 10.1. The minimum Gasteiger partial charge on any atom is -0.469 e. The number of nitrogens with two attached hydrogens (primary N) is 1. The monoisotopic (exact) mass is 219 g/mol. The van der Waals surface area contributed by atoms with Crippen molar-refractivity contribution in [2.24, 2.45) is 0 Å². The largest absolute Gasteiger partial charge is 0.469 e. The summed E-state index contributed by atoms with van der Waals surface area (Å²) in [4.78, 5) is 12.2. The van der Waals surface area contributed by atoms with Gasteiger partial charge in [0.05, 0.1) is 29.4 Å². The number of anilines is 1. The third kappa shape index (κ3) is 1.41. The van der Waals surface area contributed by atoms with Gasteiger partial charge in [0.1, 0.15) is 5.76 Å². The Balaban J connectivity index is 2.51. The molecule has 5 heteroatoms. The SMILES string of the molecule is Cc1coc(C)c1C(=O)n1ncc(N)c1C. The van der Waals surface area contributed by atoms with E-state index in [1.807, 2.05) is 6.92 Å². The number of carbonyl (C=O) groups excluding carboxylic acids is 1. The van der Waals surface area contributed by atoms with E-state index in [0.717, 1.165) is 5.56 Å². The van der Waals surface area contributed by atoms with Gasteiger partial charge in [0.15, 0.2) is 0 Å². The van der Waals surface area contributed by atoms with Gasteiger partial charge in [-0.1, -0.05) is 0 Å². The summed E-state index contributed by atoms with van der Waals surface area (Å²) < 4.78 is 6.48. The highest BCUT2D eigenvalue weighted by Crippen LogP contribution is 2.18. The molecule has 84 valence electrons. The van der Waals surface area contributed by atoms with Crippen molar-refractivity contribution in [3.8, 4) is 0 Å². The van der Waals surface area contributed by atoms with Gasteiger partial charge in [-0.05, 0) is 20.8 Å². The Morgan fingerprint density at radius 3 is 2.56 bits per heavy atom. The highest BCUT2D eigenvalue weighted by molar-refractivity contribution is 5.98. The molecule has 0 saturated carbocycles. The standard InChI is InChI=1S/C11H13N3O2/c1-6-5-16-8(3)10(6)11(15)14-7(2)9(12)4-13-14/h4-5H,12H2,1-3H3. The molecule has 16 heavy (non-hydrogen) atoms. The highest BCUT2D eigenvalue weighted by atomic mass is 16.3. The van der Waals surface area contributed by atoms with E-state index in [0.29, 0.717) is 22.7 Å². The van der Waals surface area contributed by atoms with Crippen molar-refractivity contribution in [2.45, 2.75) is 20.8 Å². The predicted octanol–water partition coefficient (Wildman–Crippen LogP) is 1.67. The number of hydrogen-bond donors (Lipinski definition) is 1. The van der Waals surface area contributed by atoms with Crippen molar-refractivity contribution in [2.75, 3.05) is 5.73 Å². The quantitative estimate of drug-likeness (QED) is 0.791. The molecule has 0 amide bonds. The van der Waals surface area contributed by atoms with E-state index in [-0.39, 0.29) is 5.91 Å².